The van der Waals surface area contributed by atoms with Crippen LogP contribution in [0.5, 0.6) is 0 Å². The monoisotopic (exact) mass is 295 g/mol. The van der Waals surface area contributed by atoms with Gasteiger partial charge in [0, 0.05) is 17.0 Å². The molecule has 2 unspecified atom stereocenters. The Bertz CT molecular complexity index is 773. The van der Waals surface area contributed by atoms with Crippen LogP contribution in [0.3, 0.4) is 0 Å². The first-order valence-corrected chi connectivity index (χ1v) is 7.99. The summed E-state index contributed by atoms with van der Waals surface area (Å²) >= 11 is 0. The molecule has 1 aliphatic rings. The SMILES string of the molecule is CCc1cc2cc(C(C=O)C3CC=CCC3)ccc2[nH]c1=O. The molecular formula is C19H21NO2. The Kier molecular flexibility index (Phi) is 4.23. The Hall–Kier alpha value is -2.16. The van der Waals surface area contributed by atoms with E-state index in [1.165, 1.54) is 0 Å². The third-order valence-electron chi connectivity index (χ3n) is 4.68. The molecule has 0 amide bonds. The van der Waals surface area contributed by atoms with E-state index in [0.29, 0.717) is 12.3 Å². The highest BCUT2D eigenvalue weighted by Gasteiger charge is 2.23. The Balaban J connectivity index is 2.02. The van der Waals surface area contributed by atoms with E-state index in [1.54, 1.807) is 0 Å². The molecule has 0 radical (unpaired) electrons. The first kappa shape index (κ1) is 14.8. The minimum atomic E-state index is -0.0636. The summed E-state index contributed by atoms with van der Waals surface area (Å²) in [5.74, 6) is 0.319. The van der Waals surface area contributed by atoms with Crippen molar-refractivity contribution in [2.75, 3.05) is 0 Å². The van der Waals surface area contributed by atoms with Gasteiger partial charge in [-0.3, -0.25) is 4.79 Å². The zero-order valence-electron chi connectivity index (χ0n) is 12.8. The van der Waals surface area contributed by atoms with Gasteiger partial charge in [0.1, 0.15) is 6.29 Å². The van der Waals surface area contributed by atoms with Crippen LogP contribution in [0.1, 0.15) is 43.2 Å². The lowest BCUT2D eigenvalue weighted by atomic mass is 9.79. The second-order valence-electron chi connectivity index (χ2n) is 6.03. The predicted octanol–water partition coefficient (Wildman–Crippen LogP) is 3.73. The molecule has 0 bridgehead atoms. The lowest BCUT2D eigenvalue weighted by Crippen LogP contribution is -2.16. The highest BCUT2D eigenvalue weighted by Crippen LogP contribution is 2.33. The fraction of sp³-hybridized carbons (Fsp3) is 0.368. The predicted molar refractivity (Wildman–Crippen MR) is 89.2 cm³/mol. The lowest BCUT2D eigenvalue weighted by molar-refractivity contribution is -0.110. The number of benzene rings is 1. The molecule has 1 N–H and O–H groups in total. The summed E-state index contributed by atoms with van der Waals surface area (Å²) in [4.78, 5) is 26.4. The van der Waals surface area contributed by atoms with E-state index >= 15 is 0 Å². The molecule has 3 rings (SSSR count). The van der Waals surface area contributed by atoms with Crippen LogP contribution in [0.25, 0.3) is 10.9 Å². The summed E-state index contributed by atoms with van der Waals surface area (Å²) in [5.41, 5.74) is 2.65. The summed E-state index contributed by atoms with van der Waals surface area (Å²) in [6.45, 7) is 1.98. The largest absolute Gasteiger partial charge is 0.322 e. The number of aromatic nitrogens is 1. The zero-order valence-corrected chi connectivity index (χ0v) is 12.8. The van der Waals surface area contributed by atoms with E-state index < -0.39 is 0 Å². The first-order chi connectivity index (χ1) is 10.7. The smallest absolute Gasteiger partial charge is 0.251 e. The van der Waals surface area contributed by atoms with E-state index in [4.69, 9.17) is 0 Å². The number of nitrogens with one attached hydrogen (secondary N) is 1. The van der Waals surface area contributed by atoms with E-state index in [0.717, 1.165) is 47.6 Å². The van der Waals surface area contributed by atoms with Crippen LogP contribution in [0.4, 0.5) is 0 Å². The number of fused-ring (bicyclic) bond motifs is 1. The van der Waals surface area contributed by atoms with Gasteiger partial charge in [0.2, 0.25) is 0 Å². The maximum atomic E-state index is 11.9. The molecule has 114 valence electrons. The summed E-state index contributed by atoms with van der Waals surface area (Å²) in [7, 11) is 0. The minimum Gasteiger partial charge on any atom is -0.322 e. The summed E-state index contributed by atoms with van der Waals surface area (Å²) in [5, 5.41) is 1.01. The van der Waals surface area contributed by atoms with Crippen molar-refractivity contribution in [1.82, 2.24) is 4.98 Å². The van der Waals surface area contributed by atoms with Crippen molar-refractivity contribution in [3.8, 4) is 0 Å². The molecule has 0 saturated heterocycles. The molecule has 0 spiro atoms. The van der Waals surface area contributed by atoms with Gasteiger partial charge in [-0.2, -0.15) is 0 Å². The molecule has 1 aromatic heterocycles. The van der Waals surface area contributed by atoms with Gasteiger partial charge in [-0.05, 0) is 60.7 Å². The van der Waals surface area contributed by atoms with Crippen molar-refractivity contribution in [3.63, 3.8) is 0 Å². The molecule has 1 aromatic carbocycles. The van der Waals surface area contributed by atoms with Crippen LogP contribution in [-0.4, -0.2) is 11.3 Å². The molecular weight excluding hydrogens is 274 g/mol. The number of aryl methyl sites for hydroxylation is 1. The molecule has 2 aromatic rings. The number of allylic oxidation sites excluding steroid dienone is 2. The number of hydrogen-bond donors (Lipinski definition) is 1. The molecule has 0 saturated carbocycles. The second kappa shape index (κ2) is 6.30. The molecule has 3 nitrogen and oxygen atoms in total. The van der Waals surface area contributed by atoms with Gasteiger partial charge in [-0.15, -0.1) is 0 Å². The van der Waals surface area contributed by atoms with Gasteiger partial charge in [-0.25, -0.2) is 0 Å². The fourth-order valence-electron chi connectivity index (χ4n) is 3.35. The van der Waals surface area contributed by atoms with Crippen LogP contribution in [-0.2, 0) is 11.2 Å². The number of rotatable bonds is 4. The molecule has 1 aliphatic carbocycles. The van der Waals surface area contributed by atoms with Crippen molar-refractivity contribution in [2.45, 2.75) is 38.5 Å². The number of carbonyl (C=O) groups is 1. The highest BCUT2D eigenvalue weighted by molar-refractivity contribution is 5.81. The van der Waals surface area contributed by atoms with Crippen molar-refractivity contribution in [3.05, 3.63) is 57.9 Å². The van der Waals surface area contributed by atoms with E-state index in [2.05, 4.69) is 23.2 Å². The number of hydrogen-bond acceptors (Lipinski definition) is 2. The van der Waals surface area contributed by atoms with E-state index in [9.17, 15) is 9.59 Å². The lowest BCUT2D eigenvalue weighted by Gasteiger charge is -2.24. The van der Waals surface area contributed by atoms with Crippen LogP contribution >= 0.6 is 0 Å². The quantitative estimate of drug-likeness (QED) is 0.690. The Morgan fingerprint density at radius 1 is 1.32 bits per heavy atom. The standard InChI is InChI=1S/C19H21NO2/c1-2-13-10-16-11-15(8-9-18(16)20-19(13)22)17(12-21)14-6-4-3-5-7-14/h3-4,8-12,14,17H,2,5-7H2,1H3,(H,20,22). The van der Waals surface area contributed by atoms with E-state index in [-0.39, 0.29) is 11.5 Å². The number of carbonyl (C=O) groups excluding carboxylic acids is 1. The third-order valence-corrected chi connectivity index (χ3v) is 4.68. The fourth-order valence-corrected chi connectivity index (χ4v) is 3.35. The van der Waals surface area contributed by atoms with Gasteiger partial charge in [0.05, 0.1) is 0 Å². The molecule has 2 atom stereocenters. The van der Waals surface area contributed by atoms with Crippen LogP contribution < -0.4 is 5.56 Å². The molecule has 22 heavy (non-hydrogen) atoms. The number of aromatic amines is 1. The normalized spacial score (nSPS) is 19.2. The molecule has 0 fully saturated rings. The van der Waals surface area contributed by atoms with Gasteiger partial charge >= 0.3 is 0 Å². The second-order valence-corrected chi connectivity index (χ2v) is 6.03. The maximum Gasteiger partial charge on any atom is 0.251 e. The topological polar surface area (TPSA) is 49.9 Å². The summed E-state index contributed by atoms with van der Waals surface area (Å²) in [6, 6.07) is 7.89. The Labute approximate surface area is 130 Å². The van der Waals surface area contributed by atoms with E-state index in [1.807, 2.05) is 25.1 Å². The minimum absolute atomic E-state index is 0.0212. The average molecular weight is 295 g/mol. The highest BCUT2D eigenvalue weighted by atomic mass is 16.1. The number of aldehydes is 1. The Morgan fingerprint density at radius 2 is 2.18 bits per heavy atom. The van der Waals surface area contributed by atoms with Crippen LogP contribution in [0, 0.1) is 5.92 Å². The number of H-pyrrole nitrogens is 1. The van der Waals surface area contributed by atoms with Gasteiger partial charge < -0.3 is 9.78 Å². The first-order valence-electron chi connectivity index (χ1n) is 7.99. The maximum absolute atomic E-state index is 11.9. The average Bonchev–Trinajstić information content (AvgIpc) is 2.56. The van der Waals surface area contributed by atoms with Crippen molar-refractivity contribution in [1.29, 1.82) is 0 Å². The Morgan fingerprint density at radius 3 is 2.86 bits per heavy atom. The molecule has 3 heteroatoms. The van der Waals surface area contributed by atoms with Crippen molar-refractivity contribution in [2.24, 2.45) is 5.92 Å². The summed E-state index contributed by atoms with van der Waals surface area (Å²) < 4.78 is 0. The van der Waals surface area contributed by atoms with Crippen LogP contribution in [0.2, 0.25) is 0 Å². The van der Waals surface area contributed by atoms with Gasteiger partial charge in [0.15, 0.2) is 0 Å². The van der Waals surface area contributed by atoms with Crippen LogP contribution in [0.15, 0.2) is 41.2 Å². The molecule has 1 heterocycles. The summed E-state index contributed by atoms with van der Waals surface area (Å²) in [6.07, 6.45) is 9.24. The van der Waals surface area contributed by atoms with Crippen molar-refractivity contribution >= 4 is 17.2 Å². The number of pyridine rings is 1. The third kappa shape index (κ3) is 2.76. The van der Waals surface area contributed by atoms with Gasteiger partial charge in [0.25, 0.3) is 5.56 Å². The van der Waals surface area contributed by atoms with Crippen molar-refractivity contribution < 1.29 is 4.79 Å². The molecule has 0 aliphatic heterocycles. The zero-order chi connectivity index (χ0) is 15.5. The van der Waals surface area contributed by atoms with Gasteiger partial charge in [-0.1, -0.05) is 25.1 Å².